The molecule has 0 spiro atoms. The first-order valence-electron chi connectivity index (χ1n) is 9.67. The van der Waals surface area contributed by atoms with Gasteiger partial charge in [-0.15, -0.1) is 0 Å². The SMILES string of the molecule is CN(CC12CC3CC(CC(C3)C1)C2)C(=O)c1cc(F)cc2nccnc12. The smallest absolute Gasteiger partial charge is 0.255 e. The first-order chi connectivity index (χ1) is 12.5. The lowest BCUT2D eigenvalue weighted by Gasteiger charge is -2.57. The maximum atomic E-state index is 14.0. The molecule has 1 heterocycles. The number of nitrogens with zero attached hydrogens (tertiary/aromatic N) is 3. The Balaban J connectivity index is 1.43. The molecule has 2 aromatic rings. The summed E-state index contributed by atoms with van der Waals surface area (Å²) in [5, 5.41) is 0. The van der Waals surface area contributed by atoms with Crippen molar-refractivity contribution in [1.82, 2.24) is 14.9 Å². The van der Waals surface area contributed by atoms with Crippen LogP contribution in [0.25, 0.3) is 11.0 Å². The molecular weight excluding hydrogens is 329 g/mol. The Morgan fingerprint density at radius 3 is 2.38 bits per heavy atom. The second-order valence-corrected chi connectivity index (χ2v) is 8.96. The maximum absolute atomic E-state index is 14.0. The molecule has 4 fully saturated rings. The lowest BCUT2D eigenvalue weighted by molar-refractivity contribution is -0.0629. The summed E-state index contributed by atoms with van der Waals surface area (Å²) in [5.74, 6) is 1.97. The molecule has 0 aliphatic heterocycles. The standard InChI is InChI=1S/C21H24FN3O/c1-25(12-21-9-13-4-14(10-21)6-15(5-13)11-21)20(26)17-7-16(22)8-18-19(17)24-3-2-23-18/h2-3,7-8,13-15H,4-6,9-12H2,1H3. The molecule has 0 radical (unpaired) electrons. The van der Waals surface area contributed by atoms with Crippen molar-refractivity contribution in [3.63, 3.8) is 0 Å². The van der Waals surface area contributed by atoms with Gasteiger partial charge >= 0.3 is 0 Å². The summed E-state index contributed by atoms with van der Waals surface area (Å²) in [6, 6.07) is 2.63. The van der Waals surface area contributed by atoms with Crippen molar-refractivity contribution in [2.24, 2.45) is 23.2 Å². The molecule has 4 saturated carbocycles. The van der Waals surface area contributed by atoms with Crippen LogP contribution in [0.5, 0.6) is 0 Å². The number of hydrogen-bond acceptors (Lipinski definition) is 3. The van der Waals surface area contributed by atoms with Crippen LogP contribution < -0.4 is 0 Å². The largest absolute Gasteiger partial charge is 0.341 e. The number of carbonyl (C=O) groups excluding carboxylic acids is 1. The third kappa shape index (κ3) is 2.60. The summed E-state index contributed by atoms with van der Waals surface area (Å²) in [4.78, 5) is 23.4. The van der Waals surface area contributed by atoms with Gasteiger partial charge in [0.05, 0.1) is 11.1 Å². The Bertz CT molecular complexity index is 845. The molecule has 4 aliphatic carbocycles. The molecule has 4 aliphatic rings. The van der Waals surface area contributed by atoms with Gasteiger partial charge in [0, 0.05) is 32.1 Å². The number of aromatic nitrogens is 2. The number of rotatable bonds is 3. The van der Waals surface area contributed by atoms with Crippen molar-refractivity contribution in [3.05, 3.63) is 35.9 Å². The van der Waals surface area contributed by atoms with E-state index >= 15 is 0 Å². The molecule has 0 unspecified atom stereocenters. The lowest BCUT2D eigenvalue weighted by atomic mass is 9.49. The van der Waals surface area contributed by atoms with Crippen LogP contribution in [-0.2, 0) is 0 Å². The quantitative estimate of drug-likeness (QED) is 0.836. The molecule has 6 rings (SSSR count). The molecule has 4 nitrogen and oxygen atoms in total. The van der Waals surface area contributed by atoms with Crippen molar-refractivity contribution >= 4 is 16.9 Å². The number of amides is 1. The molecule has 1 aromatic heterocycles. The Kier molecular flexibility index (Phi) is 3.56. The van der Waals surface area contributed by atoms with Crippen LogP contribution in [0, 0.1) is 29.0 Å². The molecule has 1 amide bonds. The summed E-state index contributed by atoms with van der Waals surface area (Å²) in [6.45, 7) is 0.771. The van der Waals surface area contributed by atoms with E-state index in [4.69, 9.17) is 0 Å². The van der Waals surface area contributed by atoms with Crippen molar-refractivity contribution in [2.45, 2.75) is 38.5 Å². The first kappa shape index (κ1) is 16.2. The molecule has 136 valence electrons. The van der Waals surface area contributed by atoms with Gasteiger partial charge in [-0.3, -0.25) is 14.8 Å². The fourth-order valence-electron chi connectivity index (χ4n) is 6.47. The third-order valence-corrected chi connectivity index (χ3v) is 6.85. The normalized spacial score (nSPS) is 32.2. The molecular formula is C21H24FN3O. The van der Waals surface area contributed by atoms with Gasteiger partial charge in [-0.25, -0.2) is 4.39 Å². The van der Waals surface area contributed by atoms with Gasteiger partial charge in [-0.05, 0) is 67.8 Å². The number of hydrogen-bond donors (Lipinski definition) is 0. The van der Waals surface area contributed by atoms with E-state index in [9.17, 15) is 9.18 Å². The van der Waals surface area contributed by atoms with E-state index < -0.39 is 5.82 Å². The van der Waals surface area contributed by atoms with Crippen LogP contribution in [0.3, 0.4) is 0 Å². The Morgan fingerprint density at radius 1 is 1.12 bits per heavy atom. The topological polar surface area (TPSA) is 46.1 Å². The van der Waals surface area contributed by atoms with Gasteiger partial charge in [0.25, 0.3) is 5.91 Å². The Hall–Kier alpha value is -2.04. The summed E-state index contributed by atoms with van der Waals surface area (Å²) in [6.07, 6.45) is 11.0. The van der Waals surface area contributed by atoms with Crippen LogP contribution >= 0.6 is 0 Å². The minimum absolute atomic E-state index is 0.147. The van der Waals surface area contributed by atoms with Gasteiger partial charge in [-0.1, -0.05) is 0 Å². The Morgan fingerprint density at radius 2 is 1.73 bits per heavy atom. The van der Waals surface area contributed by atoms with Crippen molar-refractivity contribution < 1.29 is 9.18 Å². The van der Waals surface area contributed by atoms with Crippen LogP contribution in [0.15, 0.2) is 24.5 Å². The number of benzene rings is 1. The molecule has 0 atom stereocenters. The number of halogens is 1. The second-order valence-electron chi connectivity index (χ2n) is 8.96. The highest BCUT2D eigenvalue weighted by molar-refractivity contribution is 6.04. The predicted molar refractivity (Wildman–Crippen MR) is 97.1 cm³/mol. The van der Waals surface area contributed by atoms with E-state index in [2.05, 4.69) is 9.97 Å². The van der Waals surface area contributed by atoms with Crippen molar-refractivity contribution in [3.8, 4) is 0 Å². The van der Waals surface area contributed by atoms with Gasteiger partial charge in [0.15, 0.2) is 0 Å². The van der Waals surface area contributed by atoms with E-state index in [1.165, 1.54) is 56.9 Å². The minimum atomic E-state index is -0.440. The van der Waals surface area contributed by atoms with Crippen molar-refractivity contribution in [1.29, 1.82) is 0 Å². The number of fused-ring (bicyclic) bond motifs is 1. The zero-order valence-electron chi connectivity index (χ0n) is 15.1. The first-order valence-corrected chi connectivity index (χ1v) is 9.67. The van der Waals surface area contributed by atoms with Crippen LogP contribution in [0.1, 0.15) is 48.9 Å². The third-order valence-electron chi connectivity index (χ3n) is 6.85. The molecule has 26 heavy (non-hydrogen) atoms. The number of carbonyl (C=O) groups is 1. The van der Waals surface area contributed by atoms with Gasteiger partial charge in [-0.2, -0.15) is 0 Å². The highest BCUT2D eigenvalue weighted by Crippen LogP contribution is 2.60. The molecule has 5 heteroatoms. The lowest BCUT2D eigenvalue weighted by Crippen LogP contribution is -2.51. The second kappa shape index (κ2) is 5.73. The van der Waals surface area contributed by atoms with Crippen LogP contribution in [-0.4, -0.2) is 34.4 Å². The highest BCUT2D eigenvalue weighted by atomic mass is 19.1. The average Bonchev–Trinajstić information content (AvgIpc) is 2.58. The van der Waals surface area contributed by atoms with E-state index in [1.54, 1.807) is 11.1 Å². The summed E-state index contributed by atoms with van der Waals surface area (Å²) in [7, 11) is 1.86. The van der Waals surface area contributed by atoms with Crippen LogP contribution in [0.4, 0.5) is 4.39 Å². The predicted octanol–water partition coefficient (Wildman–Crippen LogP) is 4.06. The minimum Gasteiger partial charge on any atom is -0.341 e. The van der Waals surface area contributed by atoms with Gasteiger partial charge in [0.2, 0.25) is 0 Å². The maximum Gasteiger partial charge on any atom is 0.255 e. The fourth-order valence-corrected chi connectivity index (χ4v) is 6.47. The van der Waals surface area contributed by atoms with Gasteiger partial charge < -0.3 is 4.90 Å². The summed E-state index contributed by atoms with van der Waals surface area (Å²) < 4.78 is 14.0. The zero-order chi connectivity index (χ0) is 17.9. The molecule has 4 bridgehead atoms. The monoisotopic (exact) mass is 353 g/mol. The average molecular weight is 353 g/mol. The Labute approximate surface area is 152 Å². The molecule has 1 aromatic carbocycles. The molecule has 0 saturated heterocycles. The van der Waals surface area contributed by atoms with E-state index in [1.807, 2.05) is 7.05 Å². The fraction of sp³-hybridized carbons (Fsp3) is 0.571. The van der Waals surface area contributed by atoms with E-state index in [-0.39, 0.29) is 11.3 Å². The van der Waals surface area contributed by atoms with Gasteiger partial charge in [0.1, 0.15) is 11.3 Å². The van der Waals surface area contributed by atoms with Crippen LogP contribution in [0.2, 0.25) is 0 Å². The van der Waals surface area contributed by atoms with E-state index in [0.29, 0.717) is 16.6 Å². The van der Waals surface area contributed by atoms with Crippen molar-refractivity contribution in [2.75, 3.05) is 13.6 Å². The molecule has 0 N–H and O–H groups in total. The highest BCUT2D eigenvalue weighted by Gasteiger charge is 2.51. The summed E-state index contributed by atoms with van der Waals surface area (Å²) >= 11 is 0. The zero-order valence-corrected chi connectivity index (χ0v) is 15.1. The summed E-state index contributed by atoms with van der Waals surface area (Å²) in [5.41, 5.74) is 1.50. The van der Waals surface area contributed by atoms with E-state index in [0.717, 1.165) is 24.3 Å².